The number of hydrogen-bond donors (Lipinski definition) is 4. The molecule has 9 nitrogen and oxygen atoms in total. The minimum atomic E-state index is -0.559. The van der Waals surface area contributed by atoms with Gasteiger partial charge in [0.1, 0.15) is 18.1 Å². The molecule has 0 radical (unpaired) electrons. The van der Waals surface area contributed by atoms with Crippen LogP contribution >= 0.6 is 12.2 Å². The summed E-state index contributed by atoms with van der Waals surface area (Å²) in [6.45, 7) is 5.56. The molecule has 1 aliphatic rings. The molecule has 30 heavy (non-hydrogen) atoms. The SMILES string of the molecule is CCNC(=S)NC1COC(Cn2cc(COc3ccc(C(C)O)cc3)nn2)CC1O. The topological polar surface area (TPSA) is 114 Å². The lowest BCUT2D eigenvalue weighted by Crippen LogP contribution is -2.54. The number of nitrogens with zero attached hydrogens (tertiary/aromatic N) is 3. The fraction of sp³-hybridized carbons (Fsp3) is 0.550. The van der Waals surface area contributed by atoms with Gasteiger partial charge in [0, 0.05) is 13.0 Å². The van der Waals surface area contributed by atoms with E-state index in [2.05, 4.69) is 20.9 Å². The number of nitrogens with one attached hydrogen (secondary N) is 2. The highest BCUT2D eigenvalue weighted by molar-refractivity contribution is 7.80. The van der Waals surface area contributed by atoms with Crippen LogP contribution < -0.4 is 15.4 Å². The smallest absolute Gasteiger partial charge is 0.166 e. The fourth-order valence-electron chi connectivity index (χ4n) is 3.20. The molecular formula is C20H29N5O4S. The van der Waals surface area contributed by atoms with Gasteiger partial charge in [-0.3, -0.25) is 0 Å². The van der Waals surface area contributed by atoms with Crippen molar-refractivity contribution >= 4 is 17.3 Å². The van der Waals surface area contributed by atoms with Gasteiger partial charge in [0.2, 0.25) is 0 Å². The maximum atomic E-state index is 10.4. The summed E-state index contributed by atoms with van der Waals surface area (Å²) < 4.78 is 13.3. The first-order valence-electron chi connectivity index (χ1n) is 10.1. The fourth-order valence-corrected chi connectivity index (χ4v) is 3.50. The van der Waals surface area contributed by atoms with Gasteiger partial charge in [0.25, 0.3) is 0 Å². The van der Waals surface area contributed by atoms with Crippen LogP contribution in [0.4, 0.5) is 0 Å². The van der Waals surface area contributed by atoms with Gasteiger partial charge in [-0.1, -0.05) is 17.3 Å². The molecule has 10 heteroatoms. The van der Waals surface area contributed by atoms with Gasteiger partial charge >= 0.3 is 0 Å². The number of aliphatic hydroxyl groups excluding tert-OH is 2. The van der Waals surface area contributed by atoms with Crippen LogP contribution in [0.5, 0.6) is 5.75 Å². The summed E-state index contributed by atoms with van der Waals surface area (Å²) in [5, 5.41) is 34.8. The average Bonchev–Trinajstić information content (AvgIpc) is 3.16. The molecule has 0 spiro atoms. The first-order valence-corrected chi connectivity index (χ1v) is 10.5. The zero-order valence-electron chi connectivity index (χ0n) is 17.2. The second-order valence-electron chi connectivity index (χ2n) is 7.33. The van der Waals surface area contributed by atoms with Gasteiger partial charge in [-0.15, -0.1) is 5.10 Å². The van der Waals surface area contributed by atoms with Crippen molar-refractivity contribution in [2.45, 2.75) is 57.8 Å². The predicted octanol–water partition coefficient (Wildman–Crippen LogP) is 0.913. The van der Waals surface area contributed by atoms with E-state index in [9.17, 15) is 10.2 Å². The van der Waals surface area contributed by atoms with E-state index in [1.807, 2.05) is 37.4 Å². The number of rotatable bonds is 8. The minimum Gasteiger partial charge on any atom is -0.487 e. The van der Waals surface area contributed by atoms with Crippen LogP contribution in [0.15, 0.2) is 30.5 Å². The lowest BCUT2D eigenvalue weighted by Gasteiger charge is -2.34. The average molecular weight is 436 g/mol. The van der Waals surface area contributed by atoms with Crippen LogP contribution in [0.3, 0.4) is 0 Å². The summed E-state index contributed by atoms with van der Waals surface area (Å²) in [6.07, 6.45) is 1.07. The number of ether oxygens (including phenoxy) is 2. The number of aromatic nitrogens is 3. The molecule has 1 fully saturated rings. The van der Waals surface area contributed by atoms with Gasteiger partial charge < -0.3 is 30.3 Å². The Bertz CT molecular complexity index is 814. The zero-order chi connectivity index (χ0) is 21.5. The molecule has 0 saturated carbocycles. The first kappa shape index (κ1) is 22.4. The third-order valence-electron chi connectivity index (χ3n) is 4.86. The van der Waals surface area contributed by atoms with E-state index >= 15 is 0 Å². The van der Waals surface area contributed by atoms with E-state index in [0.717, 1.165) is 12.1 Å². The van der Waals surface area contributed by atoms with Gasteiger partial charge in [-0.05, 0) is 43.8 Å². The number of thiocarbonyl (C=S) groups is 1. The van der Waals surface area contributed by atoms with Crippen LogP contribution in [-0.2, 0) is 17.9 Å². The Morgan fingerprint density at radius 2 is 2.17 bits per heavy atom. The molecule has 0 aliphatic carbocycles. The Labute approximate surface area is 181 Å². The van der Waals surface area contributed by atoms with Crippen LogP contribution in [-0.4, -0.2) is 61.7 Å². The minimum absolute atomic E-state index is 0.158. The Morgan fingerprint density at radius 3 is 2.83 bits per heavy atom. The molecule has 0 amide bonds. The summed E-state index contributed by atoms with van der Waals surface area (Å²) in [5.74, 6) is 0.696. The summed E-state index contributed by atoms with van der Waals surface area (Å²) in [5.41, 5.74) is 1.53. The van der Waals surface area contributed by atoms with E-state index in [-0.39, 0.29) is 18.8 Å². The maximum Gasteiger partial charge on any atom is 0.166 e. The maximum absolute atomic E-state index is 10.4. The van der Waals surface area contributed by atoms with E-state index in [1.54, 1.807) is 11.6 Å². The second-order valence-corrected chi connectivity index (χ2v) is 7.74. The summed E-state index contributed by atoms with van der Waals surface area (Å²) >= 11 is 5.17. The highest BCUT2D eigenvalue weighted by Crippen LogP contribution is 2.19. The third-order valence-corrected chi connectivity index (χ3v) is 5.12. The molecule has 2 aromatic rings. The normalized spacial score (nSPS) is 22.3. The molecule has 1 aromatic heterocycles. The van der Waals surface area contributed by atoms with E-state index < -0.39 is 12.2 Å². The zero-order valence-corrected chi connectivity index (χ0v) is 18.0. The highest BCUT2D eigenvalue weighted by Gasteiger charge is 2.30. The Balaban J connectivity index is 1.45. The number of aliphatic hydroxyl groups is 2. The molecule has 0 bridgehead atoms. The highest BCUT2D eigenvalue weighted by atomic mass is 32.1. The molecule has 4 unspecified atom stereocenters. The Hall–Kier alpha value is -2.27. The summed E-state index contributed by atoms with van der Waals surface area (Å²) in [7, 11) is 0. The van der Waals surface area contributed by atoms with Gasteiger partial charge in [-0.25, -0.2) is 4.68 Å². The van der Waals surface area contributed by atoms with Crippen molar-refractivity contribution in [2.24, 2.45) is 0 Å². The van der Waals surface area contributed by atoms with Crippen LogP contribution in [0.25, 0.3) is 0 Å². The Morgan fingerprint density at radius 1 is 1.40 bits per heavy atom. The second kappa shape index (κ2) is 10.7. The quantitative estimate of drug-likeness (QED) is 0.449. The van der Waals surface area contributed by atoms with E-state index in [1.165, 1.54) is 0 Å². The van der Waals surface area contributed by atoms with Crippen LogP contribution in [0.1, 0.15) is 37.6 Å². The van der Waals surface area contributed by atoms with E-state index in [4.69, 9.17) is 21.7 Å². The number of benzene rings is 1. The van der Waals surface area contributed by atoms with E-state index in [0.29, 0.717) is 36.1 Å². The van der Waals surface area contributed by atoms with Crippen molar-refractivity contribution in [1.29, 1.82) is 0 Å². The van der Waals surface area contributed by atoms with Gasteiger partial charge in [-0.2, -0.15) is 0 Å². The lowest BCUT2D eigenvalue weighted by molar-refractivity contribution is -0.0685. The van der Waals surface area contributed by atoms with Gasteiger partial charge in [0.05, 0.1) is 43.7 Å². The molecular weight excluding hydrogens is 406 g/mol. The molecule has 4 N–H and O–H groups in total. The van der Waals surface area contributed by atoms with Crippen molar-refractivity contribution < 1.29 is 19.7 Å². The van der Waals surface area contributed by atoms with Crippen LogP contribution in [0, 0.1) is 0 Å². The lowest BCUT2D eigenvalue weighted by atomic mass is 10.0. The first-order chi connectivity index (χ1) is 14.4. The van der Waals surface area contributed by atoms with Crippen molar-refractivity contribution in [3.05, 3.63) is 41.7 Å². The predicted molar refractivity (Wildman–Crippen MR) is 115 cm³/mol. The molecule has 1 aliphatic heterocycles. The monoisotopic (exact) mass is 435 g/mol. The Kier molecular flexibility index (Phi) is 7.97. The van der Waals surface area contributed by atoms with Crippen LogP contribution in [0.2, 0.25) is 0 Å². The molecule has 164 valence electrons. The standard InChI is InChI=1S/C20H29N5O4S/c1-3-21-20(30)22-18-12-29-17(8-19(18)27)10-25-9-15(23-24-25)11-28-16-6-4-14(5-7-16)13(2)26/h4-7,9,13,17-19,26-27H,3,8,10-12H2,1-2H3,(H2,21,22,30). The molecule has 2 heterocycles. The molecule has 3 rings (SSSR count). The van der Waals surface area contributed by atoms with Crippen molar-refractivity contribution in [3.8, 4) is 5.75 Å². The number of hydrogen-bond acceptors (Lipinski definition) is 7. The largest absolute Gasteiger partial charge is 0.487 e. The third kappa shape index (κ3) is 6.36. The van der Waals surface area contributed by atoms with Crippen molar-refractivity contribution in [2.75, 3.05) is 13.2 Å². The summed E-state index contributed by atoms with van der Waals surface area (Å²) in [6, 6.07) is 7.06. The molecule has 4 atom stereocenters. The molecule has 1 aromatic carbocycles. The van der Waals surface area contributed by atoms with Gasteiger partial charge in [0.15, 0.2) is 5.11 Å². The summed E-state index contributed by atoms with van der Waals surface area (Å²) in [4.78, 5) is 0. The molecule has 1 saturated heterocycles. The van der Waals surface area contributed by atoms with Crippen molar-refractivity contribution in [1.82, 2.24) is 25.6 Å². The van der Waals surface area contributed by atoms with Crippen molar-refractivity contribution in [3.63, 3.8) is 0 Å².